The van der Waals surface area contributed by atoms with E-state index in [0.29, 0.717) is 18.0 Å². The Hall–Kier alpha value is -2.85. The summed E-state index contributed by atoms with van der Waals surface area (Å²) in [5.74, 6) is 0.275. The van der Waals surface area contributed by atoms with Crippen molar-refractivity contribution in [2.24, 2.45) is 0 Å². The van der Waals surface area contributed by atoms with Crippen molar-refractivity contribution >= 4 is 17.5 Å². The molecular formula is C22H22ClN2O2+. The lowest BCUT2D eigenvalue weighted by Gasteiger charge is -2.17. The molecule has 3 rings (SSSR count). The van der Waals surface area contributed by atoms with E-state index in [1.165, 1.54) is 11.1 Å². The Bertz CT molecular complexity index is 859. The van der Waals surface area contributed by atoms with Crippen LogP contribution in [-0.4, -0.2) is 26.7 Å². The monoisotopic (exact) mass is 381 g/mol. The number of hydrogen-bond acceptors (Lipinski definition) is 3. The van der Waals surface area contributed by atoms with Crippen molar-refractivity contribution < 1.29 is 14.2 Å². The smallest absolute Gasteiger partial charge is 0.319 e. The highest BCUT2D eigenvalue weighted by molar-refractivity contribution is 6.10. The van der Waals surface area contributed by atoms with Gasteiger partial charge in [0, 0.05) is 19.0 Å². The van der Waals surface area contributed by atoms with E-state index in [1.54, 1.807) is 25.3 Å². The van der Waals surface area contributed by atoms with Gasteiger partial charge < -0.3 is 5.11 Å². The van der Waals surface area contributed by atoms with E-state index in [1.807, 2.05) is 36.4 Å². The minimum Gasteiger partial charge on any atom is -0.505 e. The van der Waals surface area contributed by atoms with E-state index in [-0.39, 0.29) is 11.7 Å². The van der Waals surface area contributed by atoms with Gasteiger partial charge in [0.2, 0.25) is 0 Å². The summed E-state index contributed by atoms with van der Waals surface area (Å²) in [4.78, 5) is 9.84. The molecule has 0 saturated carbocycles. The lowest BCUT2D eigenvalue weighted by molar-refractivity contribution is -0.683. The summed E-state index contributed by atoms with van der Waals surface area (Å²) >= 11 is 6.24. The zero-order valence-electron chi connectivity index (χ0n) is 15.1. The topological polar surface area (TPSA) is 45.4 Å². The van der Waals surface area contributed by atoms with Crippen LogP contribution in [0.25, 0.3) is 0 Å². The molecule has 0 radical (unpaired) electrons. The van der Waals surface area contributed by atoms with Crippen LogP contribution in [0.2, 0.25) is 0 Å². The van der Waals surface area contributed by atoms with E-state index in [4.69, 9.17) is 16.6 Å². The molecule has 0 aliphatic rings. The molecule has 1 heterocycles. The summed E-state index contributed by atoms with van der Waals surface area (Å²) in [6.45, 7) is 2.17. The van der Waals surface area contributed by atoms with Crippen molar-refractivity contribution in [3.8, 4) is 5.75 Å². The van der Waals surface area contributed by atoms with E-state index in [9.17, 15) is 5.11 Å². The zero-order chi connectivity index (χ0) is 19.1. The molecule has 138 valence electrons. The van der Waals surface area contributed by atoms with Crippen molar-refractivity contribution in [3.63, 3.8) is 0 Å². The normalized spacial score (nSPS) is 12.0. The van der Waals surface area contributed by atoms with Gasteiger partial charge in [0.25, 0.3) is 5.71 Å². The van der Waals surface area contributed by atoms with Crippen LogP contribution in [0, 0.1) is 0 Å². The Kier molecular flexibility index (Phi) is 6.44. The maximum absolute atomic E-state index is 9.92. The highest BCUT2D eigenvalue weighted by Crippen LogP contribution is 2.27. The summed E-state index contributed by atoms with van der Waals surface area (Å²) in [5.41, 5.74) is 3.40. The molecule has 1 aromatic heterocycles. The van der Waals surface area contributed by atoms with Crippen molar-refractivity contribution in [2.75, 3.05) is 6.61 Å². The van der Waals surface area contributed by atoms with Gasteiger partial charge in [-0.25, -0.2) is 4.98 Å². The van der Waals surface area contributed by atoms with E-state index in [2.05, 4.69) is 29.2 Å². The van der Waals surface area contributed by atoms with Gasteiger partial charge in [-0.05, 0) is 29.7 Å². The van der Waals surface area contributed by atoms with Crippen LogP contribution >= 0.6 is 11.8 Å². The second kappa shape index (κ2) is 9.19. The molecule has 0 bridgehead atoms. The van der Waals surface area contributed by atoms with Crippen LogP contribution in [0.15, 0.2) is 79.0 Å². The Morgan fingerprint density at radius 3 is 2.15 bits per heavy atom. The summed E-state index contributed by atoms with van der Waals surface area (Å²) in [6, 6.07) is 23.9. The summed E-state index contributed by atoms with van der Waals surface area (Å²) in [5, 5.41) is 9.92. The van der Waals surface area contributed by atoms with Crippen molar-refractivity contribution in [1.29, 1.82) is 0 Å². The van der Waals surface area contributed by atoms with Gasteiger partial charge in [0.1, 0.15) is 5.75 Å². The van der Waals surface area contributed by atoms with E-state index >= 15 is 0 Å². The molecule has 27 heavy (non-hydrogen) atoms. The first kappa shape index (κ1) is 18.9. The molecule has 0 saturated heterocycles. The molecule has 2 aromatic carbocycles. The van der Waals surface area contributed by atoms with Crippen molar-refractivity contribution in [3.05, 3.63) is 95.8 Å². The van der Waals surface area contributed by atoms with Gasteiger partial charge in [-0.15, -0.1) is 0 Å². The second-order valence-corrected chi connectivity index (χ2v) is 6.50. The van der Waals surface area contributed by atoms with Gasteiger partial charge in [-0.2, -0.15) is 0 Å². The summed E-state index contributed by atoms with van der Waals surface area (Å²) in [6.07, 6.45) is 2.36. The molecule has 0 aliphatic heterocycles. The minimum absolute atomic E-state index is 0.0655. The quantitative estimate of drug-likeness (QED) is 0.359. The van der Waals surface area contributed by atoms with Gasteiger partial charge in [0.05, 0.1) is 4.26 Å². The van der Waals surface area contributed by atoms with Crippen LogP contribution in [0.5, 0.6) is 5.75 Å². The Morgan fingerprint density at radius 2 is 1.59 bits per heavy atom. The number of aromatic nitrogens is 1. The molecule has 0 aliphatic carbocycles. The van der Waals surface area contributed by atoms with Crippen molar-refractivity contribution in [1.82, 2.24) is 4.98 Å². The van der Waals surface area contributed by atoms with Gasteiger partial charge in [0.15, 0.2) is 12.3 Å². The summed E-state index contributed by atoms with van der Waals surface area (Å²) < 4.78 is 1.15. The van der Waals surface area contributed by atoms with Crippen LogP contribution in [0.1, 0.15) is 36.1 Å². The molecular weight excluding hydrogens is 360 g/mol. The SMILES string of the molecule is CC(c1ncccc1O)=[N+](Cl)OCCC(c1ccccc1)c1ccccc1. The fourth-order valence-corrected chi connectivity index (χ4v) is 3.15. The number of pyridine rings is 1. The fraction of sp³-hybridized carbons (Fsp3) is 0.182. The Balaban J connectivity index is 1.73. The first-order valence-electron chi connectivity index (χ1n) is 8.83. The lowest BCUT2D eigenvalue weighted by Crippen LogP contribution is -2.15. The third kappa shape index (κ3) is 4.86. The maximum atomic E-state index is 9.92. The van der Waals surface area contributed by atoms with Crippen LogP contribution in [0.4, 0.5) is 0 Å². The van der Waals surface area contributed by atoms with Crippen LogP contribution < -0.4 is 0 Å². The number of nitrogens with zero attached hydrogens (tertiary/aromatic N) is 2. The highest BCUT2D eigenvalue weighted by atomic mass is 35.5. The zero-order valence-corrected chi connectivity index (χ0v) is 15.9. The molecule has 0 fully saturated rings. The summed E-state index contributed by atoms with van der Waals surface area (Å²) in [7, 11) is 0. The van der Waals surface area contributed by atoms with Gasteiger partial charge in [-0.3, -0.25) is 4.84 Å². The van der Waals surface area contributed by atoms with Crippen molar-refractivity contribution in [2.45, 2.75) is 19.3 Å². The molecule has 1 N–H and O–H groups in total. The largest absolute Gasteiger partial charge is 0.505 e. The Morgan fingerprint density at radius 1 is 1.00 bits per heavy atom. The molecule has 0 atom stereocenters. The average molecular weight is 382 g/mol. The Labute approximate surface area is 164 Å². The molecule has 0 unspecified atom stereocenters. The van der Waals surface area contributed by atoms with Gasteiger partial charge >= 0.3 is 11.8 Å². The lowest BCUT2D eigenvalue weighted by atomic mass is 9.89. The fourth-order valence-electron chi connectivity index (χ4n) is 3.00. The molecule has 0 spiro atoms. The highest BCUT2D eigenvalue weighted by Gasteiger charge is 2.20. The van der Waals surface area contributed by atoms with E-state index in [0.717, 1.165) is 10.7 Å². The third-order valence-electron chi connectivity index (χ3n) is 4.41. The van der Waals surface area contributed by atoms with Crippen LogP contribution in [0.3, 0.4) is 0 Å². The minimum atomic E-state index is 0.0655. The first-order chi connectivity index (χ1) is 13.2. The molecule has 5 heteroatoms. The van der Waals surface area contributed by atoms with Crippen LogP contribution in [-0.2, 0) is 4.84 Å². The molecule has 3 aromatic rings. The maximum Gasteiger partial charge on any atom is 0.319 e. The number of aromatic hydroxyl groups is 1. The van der Waals surface area contributed by atoms with E-state index < -0.39 is 0 Å². The number of halogens is 1. The molecule has 4 nitrogen and oxygen atoms in total. The number of hydrogen-bond donors (Lipinski definition) is 1. The number of benzene rings is 2. The first-order valence-corrected chi connectivity index (χ1v) is 9.17. The number of rotatable bonds is 7. The predicted octanol–water partition coefficient (Wildman–Crippen LogP) is 4.92. The van der Waals surface area contributed by atoms with Gasteiger partial charge in [-0.1, -0.05) is 60.7 Å². The third-order valence-corrected chi connectivity index (χ3v) is 4.76. The average Bonchev–Trinajstić information content (AvgIpc) is 2.72. The standard InChI is InChI=1S/C22H21ClN2O2/c1-17(22-21(26)13-8-15-24-22)25(23)27-16-14-20(18-9-4-2-5-10-18)19-11-6-3-7-12-19/h2-13,15,20H,14,16H2,1H3/p+1. The molecule has 0 amide bonds. The second-order valence-electron chi connectivity index (χ2n) is 6.20. The predicted molar refractivity (Wildman–Crippen MR) is 107 cm³/mol.